The first-order chi connectivity index (χ1) is 9.57. The third-order valence-electron chi connectivity index (χ3n) is 2.81. The average Bonchev–Trinajstić information content (AvgIpc) is 2.73. The van der Waals surface area contributed by atoms with E-state index in [-0.39, 0.29) is 0 Å². The maximum absolute atomic E-state index is 12.1. The van der Waals surface area contributed by atoms with Crippen molar-refractivity contribution in [3.8, 4) is 0 Å². The fourth-order valence-corrected chi connectivity index (χ4v) is 2.47. The van der Waals surface area contributed by atoms with Crippen molar-refractivity contribution in [1.29, 1.82) is 0 Å². The van der Waals surface area contributed by atoms with Crippen LogP contribution in [-0.2, 0) is 28.1 Å². The smallest absolute Gasteiger partial charge is 0.458 e. The topological polar surface area (TPSA) is 108 Å². The standard InChI is InChI=1S/C12H19O8P/c1-8(13)18-9-5-6-10(7-9)19-12(2,3)21(15,16)20-11(14)17-4/h5-6,9-10H,7H2,1-4H3,(H,15,16)/t9-,10+/m1/s1. The summed E-state index contributed by atoms with van der Waals surface area (Å²) in [4.78, 5) is 31.6. The summed E-state index contributed by atoms with van der Waals surface area (Å²) in [6.45, 7) is 3.94. The zero-order valence-electron chi connectivity index (χ0n) is 12.3. The summed E-state index contributed by atoms with van der Waals surface area (Å²) in [5.41, 5.74) is 0. The highest BCUT2D eigenvalue weighted by Gasteiger charge is 2.47. The highest BCUT2D eigenvalue weighted by atomic mass is 31.2. The van der Waals surface area contributed by atoms with Crippen molar-refractivity contribution in [3.05, 3.63) is 12.2 Å². The molecule has 0 heterocycles. The molecule has 1 N–H and O–H groups in total. The van der Waals surface area contributed by atoms with E-state index in [0.717, 1.165) is 7.11 Å². The molecule has 0 radical (unpaired) electrons. The molecule has 1 unspecified atom stereocenters. The van der Waals surface area contributed by atoms with E-state index >= 15 is 0 Å². The Labute approximate surface area is 122 Å². The van der Waals surface area contributed by atoms with Crippen LogP contribution in [0.3, 0.4) is 0 Å². The minimum absolute atomic E-state index is 0.321. The number of methoxy groups -OCH3 is 1. The van der Waals surface area contributed by atoms with E-state index in [1.54, 1.807) is 12.2 Å². The van der Waals surface area contributed by atoms with Crippen LogP contribution >= 0.6 is 7.60 Å². The number of carbonyl (C=O) groups excluding carboxylic acids is 2. The monoisotopic (exact) mass is 322 g/mol. The summed E-state index contributed by atoms with van der Waals surface area (Å²) in [6, 6.07) is 0. The molecule has 1 aliphatic rings. The molecular weight excluding hydrogens is 303 g/mol. The first-order valence-electron chi connectivity index (χ1n) is 6.21. The van der Waals surface area contributed by atoms with Gasteiger partial charge in [-0.1, -0.05) is 6.08 Å². The molecule has 9 heteroatoms. The summed E-state index contributed by atoms with van der Waals surface area (Å²) in [5, 5.41) is -1.64. The molecule has 1 rings (SSSR count). The lowest BCUT2D eigenvalue weighted by atomic mass is 10.2. The summed E-state index contributed by atoms with van der Waals surface area (Å²) >= 11 is 0. The highest BCUT2D eigenvalue weighted by Crippen LogP contribution is 2.56. The van der Waals surface area contributed by atoms with Crippen LogP contribution in [-0.4, -0.2) is 41.7 Å². The maximum atomic E-state index is 12.1. The molecule has 0 fully saturated rings. The number of hydrogen-bond acceptors (Lipinski definition) is 7. The molecule has 120 valence electrons. The predicted octanol–water partition coefficient (Wildman–Crippen LogP) is 1.97. The molecule has 1 aliphatic carbocycles. The lowest BCUT2D eigenvalue weighted by Crippen LogP contribution is -2.31. The largest absolute Gasteiger partial charge is 0.514 e. The molecule has 0 aliphatic heterocycles. The fraction of sp³-hybridized carbons (Fsp3) is 0.667. The minimum atomic E-state index is -4.41. The Bertz CT molecular complexity index is 484. The molecule has 0 aromatic rings. The molecule has 0 bridgehead atoms. The second kappa shape index (κ2) is 6.60. The van der Waals surface area contributed by atoms with Gasteiger partial charge in [0.25, 0.3) is 0 Å². The van der Waals surface area contributed by atoms with Crippen molar-refractivity contribution < 1.29 is 37.8 Å². The molecule has 3 atom stereocenters. The lowest BCUT2D eigenvalue weighted by Gasteiger charge is -2.31. The Kier molecular flexibility index (Phi) is 5.55. The van der Waals surface area contributed by atoms with E-state index in [4.69, 9.17) is 9.47 Å². The first kappa shape index (κ1) is 17.7. The Balaban J connectivity index is 2.65. The van der Waals surface area contributed by atoms with Gasteiger partial charge < -0.3 is 23.6 Å². The van der Waals surface area contributed by atoms with Gasteiger partial charge in [0.2, 0.25) is 0 Å². The summed E-state index contributed by atoms with van der Waals surface area (Å²) in [7, 11) is -3.38. The Morgan fingerprint density at radius 2 is 1.86 bits per heavy atom. The van der Waals surface area contributed by atoms with Crippen LogP contribution in [0.2, 0.25) is 0 Å². The van der Waals surface area contributed by atoms with Crippen LogP contribution in [0.1, 0.15) is 27.2 Å². The zero-order valence-corrected chi connectivity index (χ0v) is 13.2. The van der Waals surface area contributed by atoms with Gasteiger partial charge in [-0.05, 0) is 19.9 Å². The van der Waals surface area contributed by atoms with Gasteiger partial charge in [0, 0.05) is 13.3 Å². The number of hydrogen-bond donors (Lipinski definition) is 1. The normalized spacial score (nSPS) is 24.2. The molecule has 0 aromatic carbocycles. The summed E-state index contributed by atoms with van der Waals surface area (Å²) in [6.07, 6.45) is 1.33. The number of esters is 1. The quantitative estimate of drug-likeness (QED) is 0.465. The summed E-state index contributed by atoms with van der Waals surface area (Å²) in [5.74, 6) is -0.425. The number of ether oxygens (including phenoxy) is 3. The third kappa shape index (κ3) is 4.84. The third-order valence-corrected chi connectivity index (χ3v) is 4.67. The first-order valence-corrected chi connectivity index (χ1v) is 7.79. The van der Waals surface area contributed by atoms with Crippen LogP contribution in [0.4, 0.5) is 4.79 Å². The van der Waals surface area contributed by atoms with Gasteiger partial charge in [0.1, 0.15) is 6.10 Å². The number of carbonyl (C=O) groups is 2. The lowest BCUT2D eigenvalue weighted by molar-refractivity contribution is -0.145. The van der Waals surface area contributed by atoms with Crippen LogP contribution in [0.15, 0.2) is 12.2 Å². The molecule has 8 nitrogen and oxygen atoms in total. The molecule has 0 saturated carbocycles. The van der Waals surface area contributed by atoms with Gasteiger partial charge in [-0.25, -0.2) is 9.36 Å². The van der Waals surface area contributed by atoms with Crippen LogP contribution in [0, 0.1) is 0 Å². The Hall–Kier alpha value is -1.37. The van der Waals surface area contributed by atoms with Crippen LogP contribution < -0.4 is 0 Å². The predicted molar refractivity (Wildman–Crippen MR) is 71.6 cm³/mol. The SMILES string of the molecule is COC(=O)OP(=O)(O)C(C)(C)O[C@H]1C=C[C@@H](OC(C)=O)C1. The van der Waals surface area contributed by atoms with E-state index in [2.05, 4.69) is 9.26 Å². The molecule has 0 saturated heterocycles. The molecule has 0 spiro atoms. The van der Waals surface area contributed by atoms with Crippen LogP contribution in [0.25, 0.3) is 0 Å². The number of rotatable bonds is 5. The van der Waals surface area contributed by atoms with Crippen molar-refractivity contribution in [2.24, 2.45) is 0 Å². The van der Waals surface area contributed by atoms with Crippen molar-refractivity contribution in [2.45, 2.75) is 44.7 Å². The fourth-order valence-electron chi connectivity index (χ4n) is 1.71. The molecule has 0 amide bonds. The van der Waals surface area contributed by atoms with Crippen molar-refractivity contribution in [2.75, 3.05) is 7.11 Å². The van der Waals surface area contributed by atoms with Crippen molar-refractivity contribution in [1.82, 2.24) is 0 Å². The van der Waals surface area contributed by atoms with Gasteiger partial charge >= 0.3 is 19.7 Å². The van der Waals surface area contributed by atoms with E-state index in [1.807, 2.05) is 0 Å². The zero-order chi connectivity index (χ0) is 16.3. The van der Waals surface area contributed by atoms with Crippen LogP contribution in [0.5, 0.6) is 0 Å². The van der Waals surface area contributed by atoms with Crippen molar-refractivity contribution >= 4 is 19.7 Å². The van der Waals surface area contributed by atoms with Gasteiger partial charge in [-0.3, -0.25) is 4.79 Å². The minimum Gasteiger partial charge on any atom is -0.458 e. The van der Waals surface area contributed by atoms with E-state index in [9.17, 15) is 19.0 Å². The van der Waals surface area contributed by atoms with E-state index in [0.29, 0.717) is 6.42 Å². The maximum Gasteiger partial charge on any atom is 0.514 e. The van der Waals surface area contributed by atoms with Crippen molar-refractivity contribution in [3.63, 3.8) is 0 Å². The Morgan fingerprint density at radius 3 is 2.38 bits per heavy atom. The second-order valence-corrected chi connectivity index (χ2v) is 7.24. The highest BCUT2D eigenvalue weighted by molar-refractivity contribution is 7.54. The van der Waals surface area contributed by atoms with Gasteiger partial charge in [0.15, 0.2) is 5.34 Å². The van der Waals surface area contributed by atoms with Gasteiger partial charge in [-0.2, -0.15) is 0 Å². The Morgan fingerprint density at radius 1 is 1.29 bits per heavy atom. The molecule has 0 aromatic heterocycles. The van der Waals surface area contributed by atoms with E-state index in [1.165, 1.54) is 20.8 Å². The van der Waals surface area contributed by atoms with Gasteiger partial charge in [0.05, 0.1) is 13.2 Å². The second-order valence-electron chi connectivity index (χ2n) is 4.94. The average molecular weight is 322 g/mol. The van der Waals surface area contributed by atoms with Gasteiger partial charge in [-0.15, -0.1) is 0 Å². The molecular formula is C12H19O8P. The van der Waals surface area contributed by atoms with E-state index < -0.39 is 37.3 Å². The molecule has 21 heavy (non-hydrogen) atoms. The summed E-state index contributed by atoms with van der Waals surface area (Å²) < 4.78 is 31.1.